The molecule has 2 rings (SSSR count). The Morgan fingerprint density at radius 1 is 1.46 bits per heavy atom. The smallest absolute Gasteiger partial charge is 0.0931 e. The van der Waals surface area contributed by atoms with Crippen LogP contribution in [0.3, 0.4) is 0 Å². The van der Waals surface area contributed by atoms with E-state index in [-0.39, 0.29) is 0 Å². The van der Waals surface area contributed by atoms with E-state index in [0.717, 1.165) is 17.3 Å². The van der Waals surface area contributed by atoms with Crippen molar-refractivity contribution in [2.45, 2.75) is 25.7 Å². The normalized spacial score (nSPS) is 19.8. The second-order valence-electron chi connectivity index (χ2n) is 3.94. The van der Waals surface area contributed by atoms with Crippen molar-refractivity contribution < 1.29 is 0 Å². The first-order valence-corrected chi connectivity index (χ1v) is 5.88. The van der Waals surface area contributed by atoms with Gasteiger partial charge in [0, 0.05) is 4.88 Å². The summed E-state index contributed by atoms with van der Waals surface area (Å²) < 4.78 is 0.890. The highest BCUT2D eigenvalue weighted by atomic mass is 35.5. The lowest BCUT2D eigenvalue weighted by molar-refractivity contribution is 0.146. The maximum atomic E-state index is 5.88. The first kappa shape index (κ1) is 9.50. The predicted molar refractivity (Wildman–Crippen MR) is 58.4 cm³/mol. The molecule has 0 bridgehead atoms. The highest BCUT2D eigenvalue weighted by Gasteiger charge is 2.35. The number of hydrogen-bond acceptors (Lipinski definition) is 2. The molecular formula is C10H14ClNS. The number of nitrogens with two attached hydrogens (primary N) is 1. The van der Waals surface area contributed by atoms with Crippen LogP contribution in [-0.2, 0) is 6.42 Å². The second kappa shape index (κ2) is 3.60. The lowest BCUT2D eigenvalue weighted by Crippen LogP contribution is -2.38. The Morgan fingerprint density at radius 3 is 2.62 bits per heavy atom. The molecule has 1 aliphatic carbocycles. The van der Waals surface area contributed by atoms with Gasteiger partial charge in [-0.25, -0.2) is 0 Å². The molecule has 0 amide bonds. The molecule has 1 saturated carbocycles. The summed E-state index contributed by atoms with van der Waals surface area (Å²) in [7, 11) is 0. The van der Waals surface area contributed by atoms with Crippen LogP contribution in [-0.4, -0.2) is 6.54 Å². The Bertz CT molecular complexity index is 285. The minimum atomic E-state index is 0.411. The summed E-state index contributed by atoms with van der Waals surface area (Å²) in [6.07, 6.45) is 5.05. The molecule has 13 heavy (non-hydrogen) atoms. The van der Waals surface area contributed by atoms with E-state index in [2.05, 4.69) is 6.07 Å². The van der Waals surface area contributed by atoms with Gasteiger partial charge in [0.2, 0.25) is 0 Å². The highest BCUT2D eigenvalue weighted by Crippen LogP contribution is 2.43. The lowest BCUT2D eigenvalue weighted by atomic mass is 9.66. The van der Waals surface area contributed by atoms with Gasteiger partial charge >= 0.3 is 0 Å². The maximum absolute atomic E-state index is 5.88. The molecule has 0 saturated heterocycles. The van der Waals surface area contributed by atoms with Crippen LogP contribution in [0.4, 0.5) is 0 Å². The third-order valence-electron chi connectivity index (χ3n) is 3.03. The fraction of sp³-hybridized carbons (Fsp3) is 0.600. The van der Waals surface area contributed by atoms with Crippen LogP contribution in [0.15, 0.2) is 12.1 Å². The summed E-state index contributed by atoms with van der Waals surface area (Å²) in [5, 5.41) is 0. The topological polar surface area (TPSA) is 26.0 Å². The second-order valence-corrected chi connectivity index (χ2v) is 5.74. The summed E-state index contributed by atoms with van der Waals surface area (Å²) in [6, 6.07) is 4.10. The quantitative estimate of drug-likeness (QED) is 0.824. The molecule has 0 atom stereocenters. The van der Waals surface area contributed by atoms with Crippen LogP contribution in [0.2, 0.25) is 4.34 Å². The standard InChI is InChI=1S/C10H14ClNS/c11-9-3-2-8(13-9)6-10(7-12)4-1-5-10/h2-3H,1,4-7,12H2. The number of hydrogen-bond donors (Lipinski definition) is 1. The van der Waals surface area contributed by atoms with Crippen LogP contribution in [0, 0.1) is 5.41 Å². The minimum absolute atomic E-state index is 0.411. The van der Waals surface area contributed by atoms with Crippen LogP contribution in [0.5, 0.6) is 0 Å². The van der Waals surface area contributed by atoms with Crippen LogP contribution in [0.25, 0.3) is 0 Å². The Hall–Kier alpha value is -0.0500. The Labute approximate surface area is 87.9 Å². The van der Waals surface area contributed by atoms with Crippen molar-refractivity contribution in [3.63, 3.8) is 0 Å². The molecule has 3 heteroatoms. The molecule has 0 aromatic carbocycles. The number of thiophene rings is 1. The van der Waals surface area contributed by atoms with Crippen LogP contribution < -0.4 is 5.73 Å². The number of rotatable bonds is 3. The number of halogens is 1. The zero-order chi connectivity index (χ0) is 9.31. The van der Waals surface area contributed by atoms with E-state index in [0.29, 0.717) is 5.41 Å². The fourth-order valence-corrected chi connectivity index (χ4v) is 3.21. The first-order valence-electron chi connectivity index (χ1n) is 4.68. The van der Waals surface area contributed by atoms with Crippen molar-refractivity contribution >= 4 is 22.9 Å². The van der Waals surface area contributed by atoms with Gasteiger partial charge in [0.1, 0.15) is 0 Å². The molecule has 1 heterocycles. The average molecular weight is 216 g/mol. The molecule has 1 aromatic heterocycles. The Morgan fingerprint density at radius 2 is 2.23 bits per heavy atom. The Balaban J connectivity index is 2.04. The SMILES string of the molecule is NCC1(Cc2ccc(Cl)s2)CCC1. The highest BCUT2D eigenvalue weighted by molar-refractivity contribution is 7.16. The minimum Gasteiger partial charge on any atom is -0.330 e. The van der Waals surface area contributed by atoms with Gasteiger partial charge in [-0.2, -0.15) is 0 Å². The summed E-state index contributed by atoms with van der Waals surface area (Å²) in [5.41, 5.74) is 6.21. The first-order chi connectivity index (χ1) is 6.24. The summed E-state index contributed by atoms with van der Waals surface area (Å²) in [5.74, 6) is 0. The van der Waals surface area contributed by atoms with Gasteiger partial charge in [0.25, 0.3) is 0 Å². The molecule has 1 nitrogen and oxygen atoms in total. The van der Waals surface area contributed by atoms with E-state index in [1.807, 2.05) is 6.07 Å². The van der Waals surface area contributed by atoms with Gasteiger partial charge < -0.3 is 5.73 Å². The molecule has 0 radical (unpaired) electrons. The van der Waals surface area contributed by atoms with Crippen LogP contribution >= 0.6 is 22.9 Å². The van der Waals surface area contributed by atoms with E-state index >= 15 is 0 Å². The van der Waals surface area contributed by atoms with Crippen molar-refractivity contribution in [2.24, 2.45) is 11.1 Å². The molecule has 72 valence electrons. The van der Waals surface area contributed by atoms with Crippen molar-refractivity contribution in [1.29, 1.82) is 0 Å². The molecule has 1 aliphatic rings. The van der Waals surface area contributed by atoms with E-state index in [4.69, 9.17) is 17.3 Å². The van der Waals surface area contributed by atoms with Gasteiger partial charge in [0.15, 0.2) is 0 Å². The van der Waals surface area contributed by atoms with Gasteiger partial charge in [-0.3, -0.25) is 0 Å². The summed E-state index contributed by atoms with van der Waals surface area (Å²) in [4.78, 5) is 1.38. The third-order valence-corrected chi connectivity index (χ3v) is 4.26. The summed E-state index contributed by atoms with van der Waals surface area (Å²) in [6.45, 7) is 0.822. The third kappa shape index (κ3) is 1.90. The molecule has 2 N–H and O–H groups in total. The monoisotopic (exact) mass is 215 g/mol. The molecular weight excluding hydrogens is 202 g/mol. The van der Waals surface area contributed by atoms with Gasteiger partial charge in [-0.1, -0.05) is 18.0 Å². The lowest BCUT2D eigenvalue weighted by Gasteiger charge is -2.40. The maximum Gasteiger partial charge on any atom is 0.0931 e. The van der Waals surface area contributed by atoms with Gasteiger partial charge in [-0.05, 0) is 43.4 Å². The molecule has 1 aromatic rings. The van der Waals surface area contributed by atoms with Crippen molar-refractivity contribution in [1.82, 2.24) is 0 Å². The van der Waals surface area contributed by atoms with E-state index < -0.39 is 0 Å². The molecule has 1 fully saturated rings. The molecule has 0 unspecified atom stereocenters. The van der Waals surface area contributed by atoms with E-state index in [1.54, 1.807) is 11.3 Å². The zero-order valence-corrected chi connectivity index (χ0v) is 9.13. The zero-order valence-electron chi connectivity index (χ0n) is 7.55. The molecule has 0 aliphatic heterocycles. The van der Waals surface area contributed by atoms with E-state index in [1.165, 1.54) is 24.1 Å². The van der Waals surface area contributed by atoms with E-state index in [9.17, 15) is 0 Å². The summed E-state index contributed by atoms with van der Waals surface area (Å²) >= 11 is 7.57. The van der Waals surface area contributed by atoms with Crippen molar-refractivity contribution in [3.8, 4) is 0 Å². The van der Waals surface area contributed by atoms with Crippen LogP contribution in [0.1, 0.15) is 24.1 Å². The van der Waals surface area contributed by atoms with Gasteiger partial charge in [0.05, 0.1) is 4.34 Å². The van der Waals surface area contributed by atoms with Crippen molar-refractivity contribution in [3.05, 3.63) is 21.3 Å². The fourth-order valence-electron chi connectivity index (χ4n) is 1.95. The Kier molecular flexibility index (Phi) is 2.63. The largest absolute Gasteiger partial charge is 0.330 e. The predicted octanol–water partition coefficient (Wildman–Crippen LogP) is 3.07. The molecule has 0 spiro atoms. The average Bonchev–Trinajstić information content (AvgIpc) is 2.44. The van der Waals surface area contributed by atoms with Gasteiger partial charge in [-0.15, -0.1) is 11.3 Å². The van der Waals surface area contributed by atoms with Crippen molar-refractivity contribution in [2.75, 3.05) is 6.54 Å².